The maximum Gasteiger partial charge on any atom is 0.417 e. The number of carbonyl (C=O) groups excluding carboxylic acids is 3. The van der Waals surface area contributed by atoms with Gasteiger partial charge < -0.3 is 20.6 Å². The number of nitrogens with zero attached hydrogens (tertiary/aromatic N) is 1. The maximum absolute atomic E-state index is 13.2. The van der Waals surface area contributed by atoms with E-state index in [1.807, 2.05) is 6.26 Å². The summed E-state index contributed by atoms with van der Waals surface area (Å²) in [7, 11) is 0. The zero-order valence-corrected chi connectivity index (χ0v) is 24.0. The molecule has 220 valence electrons. The molecule has 0 aromatic heterocycles. The van der Waals surface area contributed by atoms with E-state index in [1.54, 1.807) is 23.1 Å². The predicted molar refractivity (Wildman–Crippen MR) is 150 cm³/mol. The number of aliphatic carboxylic acids is 1. The van der Waals surface area contributed by atoms with E-state index in [0.29, 0.717) is 15.6 Å². The molecule has 41 heavy (non-hydrogen) atoms. The molecule has 1 fully saturated rings. The van der Waals surface area contributed by atoms with Crippen LogP contribution in [0.25, 0.3) is 6.08 Å². The number of thioether (sulfide) groups is 1. The molecule has 1 atom stereocenters. The first-order chi connectivity index (χ1) is 19.3. The van der Waals surface area contributed by atoms with Gasteiger partial charge in [0.25, 0.3) is 5.91 Å². The molecule has 0 radical (unpaired) electrons. The van der Waals surface area contributed by atoms with Gasteiger partial charge >= 0.3 is 12.1 Å². The van der Waals surface area contributed by atoms with Crippen molar-refractivity contribution in [2.45, 2.75) is 30.0 Å². The third kappa shape index (κ3) is 8.40. The van der Waals surface area contributed by atoms with Crippen molar-refractivity contribution >= 4 is 64.7 Å². The number of nitrogens with one attached hydrogen (secondary N) is 2. The number of benzene rings is 2. The molecule has 8 nitrogen and oxygen atoms in total. The molecule has 3 amide bonds. The summed E-state index contributed by atoms with van der Waals surface area (Å²) in [4.78, 5) is 51.8. The molecule has 1 saturated heterocycles. The van der Waals surface area contributed by atoms with Crippen LogP contribution in [-0.4, -0.2) is 65.6 Å². The molecule has 1 aliphatic rings. The van der Waals surface area contributed by atoms with Crippen molar-refractivity contribution in [1.29, 1.82) is 0 Å². The summed E-state index contributed by atoms with van der Waals surface area (Å²) in [5.74, 6) is -4.08. The summed E-state index contributed by atoms with van der Waals surface area (Å²) in [6.45, 7) is -0.146. The summed E-state index contributed by atoms with van der Waals surface area (Å²) in [6, 6.07) is 6.07. The van der Waals surface area contributed by atoms with E-state index in [9.17, 15) is 37.5 Å². The van der Waals surface area contributed by atoms with Gasteiger partial charge in [-0.05, 0) is 48.9 Å². The maximum atomic E-state index is 13.2. The molecule has 3 N–H and O–H groups in total. The molecule has 1 heterocycles. The second kappa shape index (κ2) is 14.1. The van der Waals surface area contributed by atoms with Gasteiger partial charge in [0, 0.05) is 36.5 Å². The Labute approximate surface area is 248 Å². The smallest absolute Gasteiger partial charge is 0.417 e. The first-order valence-electron chi connectivity index (χ1n) is 12.3. The first-order valence-corrected chi connectivity index (χ1v) is 14.3. The third-order valence-electron chi connectivity index (χ3n) is 6.44. The number of rotatable bonds is 9. The summed E-state index contributed by atoms with van der Waals surface area (Å²) in [5.41, 5.74) is -1.25. The van der Waals surface area contributed by atoms with Crippen molar-refractivity contribution in [2.24, 2.45) is 5.92 Å². The average Bonchev–Trinajstić information content (AvgIpc) is 2.95. The fourth-order valence-electron chi connectivity index (χ4n) is 4.17. The lowest BCUT2D eigenvalue weighted by Gasteiger charge is -2.31. The minimum absolute atomic E-state index is 0.240. The fraction of sp³-hybridized carbons (Fsp3) is 0.333. The summed E-state index contributed by atoms with van der Waals surface area (Å²) >= 11 is 14.0. The van der Waals surface area contributed by atoms with E-state index >= 15 is 0 Å². The highest BCUT2D eigenvalue weighted by Gasteiger charge is 2.35. The average molecular weight is 632 g/mol. The quantitative estimate of drug-likeness (QED) is 0.265. The highest BCUT2D eigenvalue weighted by Crippen LogP contribution is 2.35. The molecule has 2 aromatic carbocycles. The number of piperidine rings is 1. The predicted octanol–water partition coefficient (Wildman–Crippen LogP) is 4.99. The molecule has 0 spiro atoms. The van der Waals surface area contributed by atoms with Crippen LogP contribution < -0.4 is 10.6 Å². The van der Waals surface area contributed by atoms with Gasteiger partial charge in [-0.25, -0.2) is 4.79 Å². The number of hydrogen-bond donors (Lipinski definition) is 3. The number of carbonyl (C=O) groups is 4. The third-order valence-corrected chi connectivity index (χ3v) is 8.23. The van der Waals surface area contributed by atoms with Crippen molar-refractivity contribution in [2.75, 3.05) is 25.9 Å². The Hall–Kier alpha value is -3.22. The monoisotopic (exact) mass is 631 g/mol. The van der Waals surface area contributed by atoms with Gasteiger partial charge in [0.2, 0.25) is 11.8 Å². The van der Waals surface area contributed by atoms with Crippen LogP contribution >= 0.6 is 35.0 Å². The Kier molecular flexibility index (Phi) is 11.1. The van der Waals surface area contributed by atoms with Gasteiger partial charge in [0.1, 0.15) is 6.04 Å². The number of hydrogen-bond acceptors (Lipinski definition) is 5. The Bertz CT molecular complexity index is 1350. The number of alkyl halides is 3. The minimum atomic E-state index is -4.78. The van der Waals surface area contributed by atoms with Gasteiger partial charge in [0.05, 0.1) is 21.2 Å². The zero-order chi connectivity index (χ0) is 30.3. The molecule has 1 aliphatic heterocycles. The van der Waals surface area contributed by atoms with Crippen molar-refractivity contribution in [3.63, 3.8) is 0 Å². The SMILES string of the molecule is CSc1ccc(C=CC(=O)N2CCC(C(=O)N[C@@H](CNC(=O)c3ccccc3C(F)(F)F)C(=O)O)CC2)c(Cl)c1Cl. The number of likely N-dealkylation sites (tertiary alicyclic amines) is 1. The zero-order valence-electron chi connectivity index (χ0n) is 21.6. The Morgan fingerprint density at radius 3 is 2.37 bits per heavy atom. The molecule has 0 aliphatic carbocycles. The van der Waals surface area contributed by atoms with Gasteiger partial charge in [-0.2, -0.15) is 13.2 Å². The second-order valence-corrected chi connectivity index (χ2v) is 10.7. The minimum Gasteiger partial charge on any atom is -0.480 e. The summed E-state index contributed by atoms with van der Waals surface area (Å²) in [5, 5.41) is 14.7. The Morgan fingerprint density at radius 1 is 1.10 bits per heavy atom. The largest absolute Gasteiger partial charge is 0.480 e. The van der Waals surface area contributed by atoms with Crippen LogP contribution in [0.15, 0.2) is 47.4 Å². The van der Waals surface area contributed by atoms with E-state index in [0.717, 1.165) is 23.1 Å². The van der Waals surface area contributed by atoms with Crippen LogP contribution in [0, 0.1) is 5.92 Å². The van der Waals surface area contributed by atoms with Crippen molar-refractivity contribution in [1.82, 2.24) is 15.5 Å². The highest BCUT2D eigenvalue weighted by molar-refractivity contribution is 7.98. The van der Waals surface area contributed by atoms with Crippen LogP contribution in [0.4, 0.5) is 13.2 Å². The van der Waals surface area contributed by atoms with E-state index < -0.39 is 53.6 Å². The second-order valence-electron chi connectivity index (χ2n) is 9.07. The number of amides is 3. The van der Waals surface area contributed by atoms with Crippen LogP contribution in [-0.2, 0) is 20.6 Å². The van der Waals surface area contributed by atoms with Crippen molar-refractivity contribution in [3.8, 4) is 0 Å². The van der Waals surface area contributed by atoms with Crippen LogP contribution in [0.3, 0.4) is 0 Å². The van der Waals surface area contributed by atoms with Gasteiger partial charge in [0.15, 0.2) is 0 Å². The molecular formula is C27H26Cl2F3N3O5S. The lowest BCUT2D eigenvalue weighted by Crippen LogP contribution is -2.51. The summed E-state index contributed by atoms with van der Waals surface area (Å²) in [6.07, 6.45) is 0.522. The standard InChI is InChI=1S/C27H26Cl2F3N3O5S/c1-41-20-8-6-15(22(28)23(20)29)7-9-21(36)35-12-10-16(11-13-35)24(37)34-19(26(39)40)14-33-25(38)17-4-2-3-5-18(17)27(30,31)32/h2-9,16,19H,10-14H2,1H3,(H,33,38)(H,34,37)(H,39,40)/t19-/m0/s1. The number of carboxylic acid groups (broad SMARTS) is 1. The number of carboxylic acids is 1. The topological polar surface area (TPSA) is 116 Å². The lowest BCUT2D eigenvalue weighted by atomic mass is 9.95. The van der Waals surface area contributed by atoms with E-state index in [-0.39, 0.29) is 31.8 Å². The molecule has 0 bridgehead atoms. The van der Waals surface area contributed by atoms with Crippen LogP contribution in [0.5, 0.6) is 0 Å². The van der Waals surface area contributed by atoms with Crippen molar-refractivity contribution in [3.05, 3.63) is 69.2 Å². The molecule has 2 aromatic rings. The molecule has 0 unspecified atom stereocenters. The fourth-order valence-corrected chi connectivity index (χ4v) is 5.34. The molecule has 3 rings (SSSR count). The van der Waals surface area contributed by atoms with Gasteiger partial charge in [-0.3, -0.25) is 14.4 Å². The Morgan fingerprint density at radius 2 is 1.76 bits per heavy atom. The lowest BCUT2D eigenvalue weighted by molar-refractivity contribution is -0.142. The normalized spacial score (nSPS) is 15.0. The van der Waals surface area contributed by atoms with E-state index in [1.165, 1.54) is 23.9 Å². The Balaban J connectivity index is 1.53. The van der Waals surface area contributed by atoms with Gasteiger partial charge in [-0.1, -0.05) is 41.4 Å². The van der Waals surface area contributed by atoms with E-state index in [2.05, 4.69) is 10.6 Å². The summed E-state index contributed by atoms with van der Waals surface area (Å²) < 4.78 is 39.6. The molecule has 0 saturated carbocycles. The van der Waals surface area contributed by atoms with Crippen molar-refractivity contribution < 1.29 is 37.5 Å². The molecule has 14 heteroatoms. The first kappa shape index (κ1) is 32.3. The highest BCUT2D eigenvalue weighted by atomic mass is 35.5. The number of halogens is 5. The van der Waals surface area contributed by atoms with Gasteiger partial charge in [-0.15, -0.1) is 11.8 Å². The van der Waals surface area contributed by atoms with Crippen LogP contribution in [0.2, 0.25) is 10.0 Å². The van der Waals surface area contributed by atoms with E-state index in [4.69, 9.17) is 23.2 Å². The van der Waals surface area contributed by atoms with Crippen LogP contribution in [0.1, 0.15) is 34.3 Å². The molecular weight excluding hydrogens is 606 g/mol.